The molecule has 0 radical (unpaired) electrons. The molecule has 0 unspecified atom stereocenters. The second kappa shape index (κ2) is 4.88. The molecule has 0 saturated heterocycles. The van der Waals surface area contributed by atoms with Crippen molar-refractivity contribution >= 4 is 11.5 Å². The number of Topliss-reactive ketones (excluding diaryl/α,β-unsaturated/α-hetero) is 1. The van der Waals surface area contributed by atoms with Crippen molar-refractivity contribution in [1.82, 2.24) is 0 Å². The van der Waals surface area contributed by atoms with Gasteiger partial charge in [0.2, 0.25) is 0 Å². The fourth-order valence-corrected chi connectivity index (χ4v) is 2.75. The maximum Gasteiger partial charge on any atom is 0.184 e. The number of carbonyl (C=O) groups is 1. The number of fused-ring (bicyclic) bond motifs is 1. The van der Waals surface area contributed by atoms with Gasteiger partial charge in [-0.2, -0.15) is 0 Å². The zero-order valence-electron chi connectivity index (χ0n) is 11.0. The molecule has 0 spiro atoms. The van der Waals surface area contributed by atoms with Crippen LogP contribution in [0.25, 0.3) is 0 Å². The largest absolute Gasteiger partial charge is 0.361 e. The summed E-state index contributed by atoms with van der Waals surface area (Å²) in [5.41, 5.74) is 3.34. The predicted octanol–water partition coefficient (Wildman–Crippen LogP) is 3.32. The number of benzene rings is 2. The number of carbonyl (C=O) groups excluding carboxylic acids is 1. The number of ketones is 1. The fourth-order valence-electron chi connectivity index (χ4n) is 2.75. The number of rotatable bonds is 3. The lowest BCUT2D eigenvalue weighted by molar-refractivity contribution is 0.0965. The van der Waals surface area contributed by atoms with Gasteiger partial charge in [0, 0.05) is 17.8 Å². The van der Waals surface area contributed by atoms with E-state index in [1.807, 2.05) is 43.3 Å². The molecular weight excluding hydrogens is 234 g/mol. The Balaban J connectivity index is 1.86. The lowest BCUT2D eigenvalue weighted by Crippen LogP contribution is -2.37. The van der Waals surface area contributed by atoms with Crippen LogP contribution < -0.4 is 4.90 Å². The van der Waals surface area contributed by atoms with Gasteiger partial charge in [0.1, 0.15) is 0 Å². The summed E-state index contributed by atoms with van der Waals surface area (Å²) in [7, 11) is 0. The Labute approximate surface area is 113 Å². The highest BCUT2D eigenvalue weighted by Crippen LogP contribution is 2.29. The first kappa shape index (κ1) is 12.0. The molecule has 19 heavy (non-hydrogen) atoms. The smallest absolute Gasteiger partial charge is 0.184 e. The second-order valence-electron chi connectivity index (χ2n) is 4.98. The third kappa shape index (κ3) is 2.14. The van der Waals surface area contributed by atoms with Crippen molar-refractivity contribution in [3.63, 3.8) is 0 Å². The van der Waals surface area contributed by atoms with Crippen LogP contribution in [0.15, 0.2) is 54.6 Å². The molecule has 1 heterocycles. The Morgan fingerprint density at radius 1 is 1.05 bits per heavy atom. The summed E-state index contributed by atoms with van der Waals surface area (Å²) >= 11 is 0. The zero-order chi connectivity index (χ0) is 13.2. The van der Waals surface area contributed by atoms with E-state index >= 15 is 0 Å². The summed E-state index contributed by atoms with van der Waals surface area (Å²) in [6.07, 6.45) is 1.03. The Morgan fingerprint density at radius 2 is 1.74 bits per heavy atom. The molecule has 0 bridgehead atoms. The Hall–Kier alpha value is -2.09. The van der Waals surface area contributed by atoms with E-state index in [2.05, 4.69) is 23.1 Å². The molecule has 1 atom stereocenters. The Bertz CT molecular complexity index is 591. The first-order chi connectivity index (χ1) is 9.27. The monoisotopic (exact) mass is 251 g/mol. The predicted molar refractivity (Wildman–Crippen MR) is 77.7 cm³/mol. The molecule has 96 valence electrons. The zero-order valence-corrected chi connectivity index (χ0v) is 11.0. The van der Waals surface area contributed by atoms with Crippen molar-refractivity contribution in [2.45, 2.75) is 19.4 Å². The topological polar surface area (TPSA) is 20.3 Å². The molecule has 2 heteroatoms. The van der Waals surface area contributed by atoms with Crippen molar-refractivity contribution < 1.29 is 4.79 Å². The van der Waals surface area contributed by atoms with Crippen molar-refractivity contribution in [3.05, 3.63) is 65.7 Å². The highest BCUT2D eigenvalue weighted by atomic mass is 16.1. The molecule has 0 fully saturated rings. The number of anilines is 1. The molecule has 0 aromatic heterocycles. The average molecular weight is 251 g/mol. The van der Waals surface area contributed by atoms with Gasteiger partial charge in [-0.05, 0) is 25.0 Å². The van der Waals surface area contributed by atoms with Gasteiger partial charge in [-0.15, -0.1) is 0 Å². The van der Waals surface area contributed by atoms with Crippen molar-refractivity contribution in [1.29, 1.82) is 0 Å². The standard InChI is InChI=1S/C17H17NO/c1-13(17(19)15-8-3-2-4-9-15)18-12-11-14-7-5-6-10-16(14)18/h2-10,13H,11-12H2,1H3/t13-/m1/s1. The van der Waals surface area contributed by atoms with Crippen LogP contribution in [0.2, 0.25) is 0 Å². The molecule has 2 nitrogen and oxygen atoms in total. The summed E-state index contributed by atoms with van der Waals surface area (Å²) in [5, 5.41) is 0. The Morgan fingerprint density at radius 3 is 2.53 bits per heavy atom. The molecular formula is C17H17NO. The molecule has 3 rings (SSSR count). The minimum Gasteiger partial charge on any atom is -0.361 e. The fraction of sp³-hybridized carbons (Fsp3) is 0.235. The van der Waals surface area contributed by atoms with Gasteiger partial charge in [0.05, 0.1) is 6.04 Å². The van der Waals surface area contributed by atoms with Crippen LogP contribution in [0.5, 0.6) is 0 Å². The number of nitrogens with zero attached hydrogens (tertiary/aromatic N) is 1. The van der Waals surface area contributed by atoms with Crippen LogP contribution in [-0.2, 0) is 6.42 Å². The van der Waals surface area contributed by atoms with Gasteiger partial charge >= 0.3 is 0 Å². The first-order valence-corrected chi connectivity index (χ1v) is 6.71. The van der Waals surface area contributed by atoms with Crippen LogP contribution in [0.4, 0.5) is 5.69 Å². The van der Waals surface area contributed by atoms with Crippen LogP contribution in [-0.4, -0.2) is 18.4 Å². The average Bonchev–Trinajstić information content (AvgIpc) is 2.90. The third-order valence-corrected chi connectivity index (χ3v) is 3.83. The van der Waals surface area contributed by atoms with E-state index in [0.717, 1.165) is 18.5 Å². The van der Waals surface area contributed by atoms with Gasteiger partial charge in [-0.1, -0.05) is 48.5 Å². The quantitative estimate of drug-likeness (QED) is 0.780. The van der Waals surface area contributed by atoms with E-state index < -0.39 is 0 Å². The molecule has 1 aliphatic rings. The van der Waals surface area contributed by atoms with Crippen LogP contribution >= 0.6 is 0 Å². The molecule has 2 aromatic carbocycles. The Kier molecular flexibility index (Phi) is 3.08. The molecule has 1 aliphatic heterocycles. The first-order valence-electron chi connectivity index (χ1n) is 6.71. The van der Waals surface area contributed by atoms with Crippen molar-refractivity contribution in [2.75, 3.05) is 11.4 Å². The lowest BCUT2D eigenvalue weighted by atomic mass is 10.0. The maximum absolute atomic E-state index is 12.5. The third-order valence-electron chi connectivity index (χ3n) is 3.83. The number of hydrogen-bond acceptors (Lipinski definition) is 2. The van der Waals surface area contributed by atoms with Crippen molar-refractivity contribution in [3.8, 4) is 0 Å². The van der Waals surface area contributed by atoms with E-state index in [-0.39, 0.29) is 11.8 Å². The van der Waals surface area contributed by atoms with Gasteiger partial charge in [-0.25, -0.2) is 0 Å². The summed E-state index contributed by atoms with van der Waals surface area (Å²) in [5.74, 6) is 0.192. The number of hydrogen-bond donors (Lipinski definition) is 0. The number of para-hydroxylation sites is 1. The summed E-state index contributed by atoms with van der Waals surface area (Å²) in [6.45, 7) is 2.93. The summed E-state index contributed by atoms with van der Waals surface area (Å²) in [4.78, 5) is 14.7. The lowest BCUT2D eigenvalue weighted by Gasteiger charge is -2.26. The molecule has 0 aliphatic carbocycles. The highest BCUT2D eigenvalue weighted by molar-refractivity contribution is 6.01. The molecule has 0 N–H and O–H groups in total. The van der Waals surface area contributed by atoms with Gasteiger partial charge in [0.25, 0.3) is 0 Å². The highest BCUT2D eigenvalue weighted by Gasteiger charge is 2.27. The molecule has 2 aromatic rings. The maximum atomic E-state index is 12.5. The summed E-state index contributed by atoms with van der Waals surface area (Å²) < 4.78 is 0. The van der Waals surface area contributed by atoms with Crippen LogP contribution in [0, 0.1) is 0 Å². The van der Waals surface area contributed by atoms with E-state index in [9.17, 15) is 4.79 Å². The second-order valence-corrected chi connectivity index (χ2v) is 4.98. The summed E-state index contributed by atoms with van der Waals surface area (Å²) in [6, 6.07) is 17.8. The van der Waals surface area contributed by atoms with Crippen LogP contribution in [0.1, 0.15) is 22.8 Å². The normalized spacial score (nSPS) is 15.1. The van der Waals surface area contributed by atoms with E-state index in [1.54, 1.807) is 0 Å². The van der Waals surface area contributed by atoms with E-state index in [1.165, 1.54) is 11.3 Å². The molecule has 0 amide bonds. The molecule has 0 saturated carbocycles. The minimum absolute atomic E-state index is 0.106. The van der Waals surface area contributed by atoms with Gasteiger partial charge in [0.15, 0.2) is 5.78 Å². The van der Waals surface area contributed by atoms with E-state index in [0.29, 0.717) is 0 Å². The minimum atomic E-state index is -0.106. The van der Waals surface area contributed by atoms with Gasteiger partial charge < -0.3 is 4.90 Å². The van der Waals surface area contributed by atoms with Gasteiger partial charge in [-0.3, -0.25) is 4.79 Å². The van der Waals surface area contributed by atoms with E-state index in [4.69, 9.17) is 0 Å². The van der Waals surface area contributed by atoms with Crippen LogP contribution in [0.3, 0.4) is 0 Å². The van der Waals surface area contributed by atoms with Crippen molar-refractivity contribution in [2.24, 2.45) is 0 Å². The SMILES string of the molecule is C[C@H](C(=O)c1ccccc1)N1CCc2ccccc21.